The second-order valence-electron chi connectivity index (χ2n) is 7.91. The van der Waals surface area contributed by atoms with Crippen molar-refractivity contribution < 1.29 is 14.3 Å². The summed E-state index contributed by atoms with van der Waals surface area (Å²) in [5.41, 5.74) is 0.366. The number of hydrogen-bond acceptors (Lipinski definition) is 3. The van der Waals surface area contributed by atoms with Crippen LogP contribution in [-0.4, -0.2) is 40.5 Å². The van der Waals surface area contributed by atoms with E-state index in [4.69, 9.17) is 16.3 Å². The van der Waals surface area contributed by atoms with Crippen LogP contribution in [0.1, 0.15) is 32.4 Å². The fourth-order valence-corrected chi connectivity index (χ4v) is 4.09. The molecule has 2 amide bonds. The highest BCUT2D eigenvalue weighted by Crippen LogP contribution is 2.49. The topological polar surface area (TPSA) is 58.6 Å². The Bertz CT molecular complexity index is 753. The Morgan fingerprint density at radius 1 is 1.20 bits per heavy atom. The summed E-state index contributed by atoms with van der Waals surface area (Å²) in [6, 6.07) is 6.34. The third-order valence-electron chi connectivity index (χ3n) is 4.93. The Hall–Kier alpha value is -1.85. The lowest BCUT2D eigenvalue weighted by atomic mass is 9.77. The van der Waals surface area contributed by atoms with E-state index in [1.54, 1.807) is 29.2 Å². The number of amides is 2. The largest absolute Gasteiger partial charge is 0.364 e. The Labute approximate surface area is 152 Å². The second-order valence-corrected chi connectivity index (χ2v) is 8.34. The molecular formula is C19H21ClN2O3. The van der Waals surface area contributed by atoms with Crippen molar-refractivity contribution in [3.05, 3.63) is 47.0 Å². The molecule has 2 bridgehead atoms. The summed E-state index contributed by atoms with van der Waals surface area (Å²) < 4.78 is 5.82. The minimum absolute atomic E-state index is 0.0224. The zero-order valence-electron chi connectivity index (χ0n) is 14.4. The van der Waals surface area contributed by atoms with Gasteiger partial charge in [0.15, 0.2) is 0 Å². The summed E-state index contributed by atoms with van der Waals surface area (Å²) in [6.07, 6.45) is 3.68. The number of nitrogens with one attached hydrogen (secondary N) is 1. The van der Waals surface area contributed by atoms with E-state index in [0.717, 1.165) is 5.56 Å². The van der Waals surface area contributed by atoms with Crippen molar-refractivity contribution in [2.45, 2.75) is 50.6 Å². The molecule has 132 valence electrons. The molecule has 3 aliphatic heterocycles. The molecule has 0 saturated carbocycles. The molecule has 3 heterocycles. The number of halogens is 1. The van der Waals surface area contributed by atoms with E-state index in [2.05, 4.69) is 5.32 Å². The van der Waals surface area contributed by atoms with Crippen LogP contribution in [0.5, 0.6) is 0 Å². The van der Waals surface area contributed by atoms with Crippen LogP contribution in [0.3, 0.4) is 0 Å². The average Bonchev–Trinajstić information content (AvgIpc) is 3.09. The lowest BCUT2D eigenvalue weighted by Crippen LogP contribution is -2.67. The van der Waals surface area contributed by atoms with Crippen LogP contribution in [-0.2, 0) is 14.3 Å². The molecule has 4 rings (SSSR count). The van der Waals surface area contributed by atoms with Crippen molar-refractivity contribution in [3.63, 3.8) is 0 Å². The molecule has 0 aromatic heterocycles. The van der Waals surface area contributed by atoms with Gasteiger partial charge in [0.05, 0.1) is 24.2 Å². The van der Waals surface area contributed by atoms with Gasteiger partial charge in [-0.05, 0) is 38.5 Å². The van der Waals surface area contributed by atoms with Crippen LogP contribution < -0.4 is 5.32 Å². The summed E-state index contributed by atoms with van der Waals surface area (Å²) >= 11 is 5.99. The van der Waals surface area contributed by atoms with Crippen LogP contribution in [0.15, 0.2) is 36.4 Å². The Balaban J connectivity index is 1.68. The molecule has 0 aliphatic carbocycles. The number of rotatable bonds is 3. The molecule has 1 aromatic rings. The first-order valence-electron chi connectivity index (χ1n) is 8.50. The number of benzene rings is 1. The van der Waals surface area contributed by atoms with Gasteiger partial charge in [0.1, 0.15) is 6.04 Å². The summed E-state index contributed by atoms with van der Waals surface area (Å²) in [4.78, 5) is 27.5. The molecule has 1 unspecified atom stereocenters. The quantitative estimate of drug-likeness (QED) is 0.665. The number of ether oxygens (including phenoxy) is 1. The van der Waals surface area contributed by atoms with Crippen molar-refractivity contribution in [2.75, 3.05) is 0 Å². The monoisotopic (exact) mass is 360 g/mol. The van der Waals surface area contributed by atoms with E-state index < -0.39 is 6.04 Å². The van der Waals surface area contributed by atoms with Crippen molar-refractivity contribution in [1.82, 2.24) is 10.2 Å². The van der Waals surface area contributed by atoms with E-state index in [-0.39, 0.29) is 41.5 Å². The molecule has 25 heavy (non-hydrogen) atoms. The van der Waals surface area contributed by atoms with Crippen LogP contribution in [0.4, 0.5) is 0 Å². The van der Waals surface area contributed by atoms with Crippen LogP contribution in [0, 0.1) is 5.92 Å². The molecule has 6 heteroatoms. The molecule has 1 aromatic carbocycles. The van der Waals surface area contributed by atoms with Crippen molar-refractivity contribution in [2.24, 2.45) is 5.92 Å². The Kier molecular flexibility index (Phi) is 3.71. The van der Waals surface area contributed by atoms with Crippen molar-refractivity contribution >= 4 is 23.4 Å². The molecular weight excluding hydrogens is 340 g/mol. The SMILES string of the molecule is CC(C)(C)NC(=O)C(c1ccc(Cl)cc1)N1C(=O)[C@H]2[C@@H]1[C@@H]1C=C[C@H]2O1. The van der Waals surface area contributed by atoms with Gasteiger partial charge in [0.25, 0.3) is 0 Å². The Morgan fingerprint density at radius 3 is 2.48 bits per heavy atom. The number of β-lactam (4-membered cyclic amide) rings is 1. The standard InChI is InChI=1S/C19H21ClN2O3/c1-19(2,3)21-17(23)15(10-4-6-11(20)7-5-10)22-16-13-9-8-12(25-13)14(16)18(22)24/h4-9,12-16H,1-3H3,(H,21,23)/t12-,13+,14-,15?,16+/m1/s1. The predicted molar refractivity (Wildman–Crippen MR) is 94.0 cm³/mol. The van der Waals surface area contributed by atoms with Gasteiger partial charge >= 0.3 is 0 Å². The molecule has 2 saturated heterocycles. The predicted octanol–water partition coefficient (Wildman–Crippen LogP) is 2.46. The maximum Gasteiger partial charge on any atom is 0.247 e. The maximum atomic E-state index is 13.0. The number of fused-ring (bicyclic) bond motifs is 5. The minimum Gasteiger partial charge on any atom is -0.364 e. The molecule has 5 nitrogen and oxygen atoms in total. The number of carbonyl (C=O) groups is 2. The van der Waals surface area contributed by atoms with Gasteiger partial charge in [0.2, 0.25) is 11.8 Å². The normalized spacial score (nSPS) is 30.9. The van der Waals surface area contributed by atoms with Crippen molar-refractivity contribution in [3.8, 4) is 0 Å². The number of likely N-dealkylation sites (tertiary alicyclic amines) is 1. The van der Waals surface area contributed by atoms with Crippen LogP contribution >= 0.6 is 11.6 Å². The van der Waals surface area contributed by atoms with E-state index in [9.17, 15) is 9.59 Å². The summed E-state index contributed by atoms with van der Waals surface area (Å²) in [6.45, 7) is 5.77. The first-order chi connectivity index (χ1) is 11.8. The number of hydrogen-bond donors (Lipinski definition) is 1. The zero-order valence-corrected chi connectivity index (χ0v) is 15.2. The fraction of sp³-hybridized carbons (Fsp3) is 0.474. The van der Waals surface area contributed by atoms with Gasteiger partial charge in [-0.1, -0.05) is 35.9 Å². The van der Waals surface area contributed by atoms with Crippen LogP contribution in [0.2, 0.25) is 5.02 Å². The van der Waals surface area contributed by atoms with Crippen LogP contribution in [0.25, 0.3) is 0 Å². The summed E-state index contributed by atoms with van der Waals surface area (Å²) in [5, 5.41) is 3.60. The molecule has 0 radical (unpaired) electrons. The zero-order chi connectivity index (χ0) is 17.9. The highest BCUT2D eigenvalue weighted by molar-refractivity contribution is 6.30. The van der Waals surface area contributed by atoms with Gasteiger partial charge in [-0.3, -0.25) is 9.59 Å². The first kappa shape index (κ1) is 16.6. The summed E-state index contributed by atoms with van der Waals surface area (Å²) in [7, 11) is 0. The smallest absolute Gasteiger partial charge is 0.247 e. The third kappa shape index (κ3) is 2.66. The molecule has 3 aliphatic rings. The third-order valence-corrected chi connectivity index (χ3v) is 5.19. The van der Waals surface area contributed by atoms with E-state index >= 15 is 0 Å². The maximum absolute atomic E-state index is 13.0. The van der Waals surface area contributed by atoms with E-state index in [1.165, 1.54) is 0 Å². The molecule has 0 spiro atoms. The van der Waals surface area contributed by atoms with Gasteiger partial charge in [-0.25, -0.2) is 0 Å². The van der Waals surface area contributed by atoms with Crippen molar-refractivity contribution in [1.29, 1.82) is 0 Å². The average molecular weight is 361 g/mol. The van der Waals surface area contributed by atoms with Gasteiger partial charge in [0, 0.05) is 10.6 Å². The van der Waals surface area contributed by atoms with E-state index in [0.29, 0.717) is 5.02 Å². The second kappa shape index (κ2) is 5.58. The summed E-state index contributed by atoms with van der Waals surface area (Å²) in [5.74, 6) is -0.369. The molecule has 2 fully saturated rings. The van der Waals surface area contributed by atoms with Gasteiger partial charge in [-0.15, -0.1) is 0 Å². The van der Waals surface area contributed by atoms with E-state index in [1.807, 2.05) is 32.9 Å². The molecule has 1 N–H and O–H groups in total. The number of nitrogens with zero attached hydrogens (tertiary/aromatic N) is 1. The lowest BCUT2D eigenvalue weighted by molar-refractivity contribution is -0.163. The minimum atomic E-state index is -0.679. The fourth-order valence-electron chi connectivity index (χ4n) is 3.96. The highest BCUT2D eigenvalue weighted by Gasteiger charge is 2.64. The van der Waals surface area contributed by atoms with Gasteiger partial charge in [-0.2, -0.15) is 0 Å². The highest BCUT2D eigenvalue weighted by atomic mass is 35.5. The first-order valence-corrected chi connectivity index (χ1v) is 8.87. The Morgan fingerprint density at radius 2 is 1.84 bits per heavy atom. The molecule has 5 atom stereocenters. The lowest BCUT2D eigenvalue weighted by Gasteiger charge is -2.49. The number of carbonyl (C=O) groups excluding carboxylic acids is 2. The van der Waals surface area contributed by atoms with Gasteiger partial charge < -0.3 is 15.0 Å².